The first kappa shape index (κ1) is 117. The normalized spacial score (nSPS) is 13.1. The number of para-hydroxylation sites is 6. The van der Waals surface area contributed by atoms with E-state index in [1.807, 2.05) is 305 Å². The fourth-order valence-electron chi connectivity index (χ4n) is 10.3. The second-order valence-corrected chi connectivity index (χ2v) is 24.3. The molecule has 0 radical (unpaired) electrons. The van der Waals surface area contributed by atoms with Gasteiger partial charge in [0.1, 0.15) is 35.4 Å². The van der Waals surface area contributed by atoms with E-state index in [9.17, 15) is 33.6 Å². The van der Waals surface area contributed by atoms with Gasteiger partial charge in [0, 0.05) is 41.0 Å². The number of rotatable bonds is 15. The molecule has 127 heavy (non-hydrogen) atoms. The van der Waals surface area contributed by atoms with E-state index in [1.54, 1.807) is 105 Å². The average Bonchev–Trinajstić information content (AvgIpc) is 1.69. The molecule has 1 aliphatic heterocycles. The van der Waals surface area contributed by atoms with Gasteiger partial charge >= 0.3 is 29.8 Å². The number of esters is 4. The highest BCUT2D eigenvalue weighted by atomic mass is 16.5. The van der Waals surface area contributed by atoms with Crippen molar-refractivity contribution >= 4 is 59.5 Å². The van der Waals surface area contributed by atoms with Gasteiger partial charge in [0.2, 0.25) is 0 Å². The highest BCUT2D eigenvalue weighted by Gasteiger charge is 2.41. The maximum Gasteiger partial charge on any atom is 0.338 e. The van der Waals surface area contributed by atoms with Gasteiger partial charge in [-0.25, -0.2) is 19.3 Å². The van der Waals surface area contributed by atoms with Crippen LogP contribution in [0.2, 0.25) is 0 Å². The van der Waals surface area contributed by atoms with Crippen LogP contribution in [0, 0.1) is 35.5 Å². The molecule has 3 aliphatic carbocycles. The number of aliphatic carboxylic acids is 1. The third-order valence-electron chi connectivity index (χ3n) is 15.7. The monoisotopic (exact) mass is 1720 g/mol. The summed E-state index contributed by atoms with van der Waals surface area (Å²) in [6.07, 6.45) is 25.6. The van der Waals surface area contributed by atoms with Crippen molar-refractivity contribution in [1.82, 2.24) is 0 Å². The van der Waals surface area contributed by atoms with E-state index in [-0.39, 0.29) is 41.6 Å². The number of carboxylic acids is 1. The van der Waals surface area contributed by atoms with Crippen LogP contribution in [0.15, 0.2) is 389 Å². The molecule has 14 heteroatoms. The predicted octanol–water partition coefficient (Wildman–Crippen LogP) is 28.9. The summed E-state index contributed by atoms with van der Waals surface area (Å²) in [5, 5.41) is 7.83. The highest BCUT2D eigenvalue weighted by Crippen LogP contribution is 2.44. The van der Waals surface area contributed by atoms with Gasteiger partial charge in [0.25, 0.3) is 11.8 Å². The van der Waals surface area contributed by atoms with Crippen molar-refractivity contribution in [3.05, 3.63) is 412 Å². The number of benzene rings is 10. The molecule has 14 rings (SSSR count). The van der Waals surface area contributed by atoms with Crippen LogP contribution in [0.25, 0.3) is 12.2 Å². The Kier molecular flexibility index (Phi) is 75.3. The van der Waals surface area contributed by atoms with Gasteiger partial charge in [-0.2, -0.15) is 0 Å². The number of fused-ring (bicyclic) bond motifs is 2. The summed E-state index contributed by atoms with van der Waals surface area (Å²) in [6, 6.07) is 95.5. The summed E-state index contributed by atoms with van der Waals surface area (Å²) in [4.78, 5) is 78.3. The van der Waals surface area contributed by atoms with Crippen molar-refractivity contribution < 1.29 is 62.4 Å². The Labute approximate surface area is 761 Å². The molecule has 4 unspecified atom stereocenters. The third kappa shape index (κ3) is 56.4. The van der Waals surface area contributed by atoms with Crippen molar-refractivity contribution in [2.24, 2.45) is 23.7 Å². The molecule has 1 saturated carbocycles. The minimum absolute atomic E-state index is 0.0372. The first-order valence-electron chi connectivity index (χ1n) is 44.0. The predicted molar refractivity (Wildman–Crippen MR) is 533 cm³/mol. The molecule has 0 saturated heterocycles. The smallest absolute Gasteiger partial charge is 0.338 e. The molecule has 0 spiro atoms. The Morgan fingerprint density at radius 3 is 1.09 bits per heavy atom. The summed E-state index contributed by atoms with van der Waals surface area (Å²) in [5.41, 5.74) is 5.58. The number of imide groups is 1. The number of hydrogen-bond acceptors (Lipinski definition) is 12. The first-order valence-corrected chi connectivity index (χ1v) is 44.0. The van der Waals surface area contributed by atoms with Crippen LogP contribution < -0.4 is 28.6 Å². The molecule has 1 N–H and O–H groups in total. The van der Waals surface area contributed by atoms with E-state index in [0.717, 1.165) is 66.0 Å². The zero-order chi connectivity index (χ0) is 95.3. The van der Waals surface area contributed by atoms with E-state index < -0.39 is 11.9 Å². The molecule has 4 aliphatic rings. The maximum absolute atomic E-state index is 11.9. The van der Waals surface area contributed by atoms with Crippen molar-refractivity contribution in [1.29, 1.82) is 0 Å². The summed E-state index contributed by atoms with van der Waals surface area (Å²) in [7, 11) is 0. The SMILES string of the molecule is C(#Cc1ccccc1)c1ccccc1.C(=Cc1ccccc1)c1ccccc1.C/C=C\C(=O)O.C=C(C)C(=O)Oc1ccccc1.C=CC(=O)Oc1ccccc1.C=CCOc1ccccc1.CC.CC.CC.CC.CC.CC.CC.CC.O=C(Oc1ccccc1)C1CC2C=CC1C2.O=C(Oc1ccccc1)C1CC=CCC1.O=C1C=CC(=O)N1c1ccccc1. The molecule has 4 atom stereocenters. The van der Waals surface area contributed by atoms with Crippen LogP contribution in [0.3, 0.4) is 0 Å². The number of ether oxygens (including phenoxy) is 5. The van der Waals surface area contributed by atoms with Crippen molar-refractivity contribution in [2.75, 3.05) is 11.5 Å². The van der Waals surface area contributed by atoms with E-state index in [1.165, 1.54) is 29.4 Å². The highest BCUT2D eigenvalue weighted by molar-refractivity contribution is 6.28. The molecule has 0 aromatic heterocycles. The summed E-state index contributed by atoms with van der Waals surface area (Å²) in [6.45, 7) is 46.2. The first-order chi connectivity index (χ1) is 62.1. The quantitative estimate of drug-likeness (QED) is 0.0194. The Morgan fingerprint density at radius 1 is 0.433 bits per heavy atom. The fourth-order valence-corrected chi connectivity index (χ4v) is 10.3. The van der Waals surface area contributed by atoms with E-state index >= 15 is 0 Å². The number of allylic oxidation sites excluding steroid dienone is 5. The number of nitrogens with zero attached hydrogens (tertiary/aromatic N) is 1. The largest absolute Gasteiger partial charge is 0.490 e. The molecule has 10 aromatic rings. The van der Waals surface area contributed by atoms with Crippen LogP contribution in [-0.2, 0) is 33.6 Å². The van der Waals surface area contributed by atoms with E-state index in [4.69, 9.17) is 28.8 Å². The van der Waals surface area contributed by atoms with Gasteiger partial charge in [-0.3, -0.25) is 19.2 Å². The number of carbonyl (C=O) groups is 7. The zero-order valence-electron chi connectivity index (χ0n) is 78.3. The van der Waals surface area contributed by atoms with Gasteiger partial charge < -0.3 is 28.8 Å². The molecule has 1 fully saturated rings. The van der Waals surface area contributed by atoms with Crippen LogP contribution in [-0.4, -0.2) is 53.4 Å². The summed E-state index contributed by atoms with van der Waals surface area (Å²) >= 11 is 0. The fraction of sp³-hybridized carbons (Fsp3) is 0.248. The van der Waals surface area contributed by atoms with Crippen LogP contribution in [0.1, 0.15) is 179 Å². The Morgan fingerprint density at radius 2 is 0.780 bits per heavy atom. The Hall–Kier alpha value is -14.0. The lowest BCUT2D eigenvalue weighted by Gasteiger charge is -2.16. The lowest BCUT2D eigenvalue weighted by molar-refractivity contribution is -0.140. The molecule has 674 valence electrons. The molecule has 2 amide bonds. The maximum atomic E-state index is 11.9. The zero-order valence-corrected chi connectivity index (χ0v) is 78.3. The van der Waals surface area contributed by atoms with Gasteiger partial charge in [-0.05, 0) is 166 Å². The standard InChI is InChI=1S/C14H14O2.C14H12.C14H10.C13H14O2.C10H7NO2.C10H10O2.C9H8O2.C9H10O.C4H6O2.8C2H6/c15-14(16-12-4-2-1-3-5-12)13-9-10-6-7-11(13)8-10;2*1-3-7-13(8-4-1)11-12-14-9-5-2-6-10-14;14-13(11-7-3-1-4-8-11)15-12-9-5-2-6-10-12;12-9-6-7-10(13)11(9)8-4-2-1-3-5-8;1-8(2)10(11)12-9-6-4-3-5-7-9;1-2-9(10)11-8-6-4-3-5-7-8;1-2-8-10-9-6-4-3-5-7-9;1-2-3-4(5)6;8*1-2/h1-7,10-11,13H,8-9H2;1-12H;1-10H;1-3,5-6,9-11H,4,7-8H2;1-7H;3-7H,1H2,2H3;2-7H,1H2;2-7H,1,8H2;2-3H,1H3,(H,5,6);8*1-2H3/b;;;;;;;;3-2-;;;;;;;;. The third-order valence-corrected chi connectivity index (χ3v) is 15.7. The van der Waals surface area contributed by atoms with Crippen molar-refractivity contribution in [3.8, 4) is 40.6 Å². The lowest BCUT2D eigenvalue weighted by Crippen LogP contribution is -2.29. The van der Waals surface area contributed by atoms with Gasteiger partial charge in [-0.1, -0.05) is 397 Å². The van der Waals surface area contributed by atoms with Gasteiger partial charge in [0.15, 0.2) is 0 Å². The van der Waals surface area contributed by atoms with E-state index in [0.29, 0.717) is 52.7 Å². The molecule has 1 heterocycles. The Balaban J connectivity index is -0.00000134. The van der Waals surface area contributed by atoms with Crippen molar-refractivity contribution in [3.63, 3.8) is 0 Å². The van der Waals surface area contributed by atoms with Crippen LogP contribution in [0.4, 0.5) is 5.69 Å². The summed E-state index contributed by atoms with van der Waals surface area (Å²) < 4.78 is 25.6. The topological polar surface area (TPSA) is 189 Å². The Bertz CT molecular complexity index is 4580. The second kappa shape index (κ2) is 81.6. The molecular formula is C113H139NO13. The van der Waals surface area contributed by atoms with E-state index in [2.05, 4.69) is 92.3 Å². The van der Waals surface area contributed by atoms with Crippen LogP contribution >= 0.6 is 0 Å². The lowest BCUT2D eigenvalue weighted by atomic mass is 9.94. The molecular weight excluding hydrogens is 1580 g/mol. The van der Waals surface area contributed by atoms with Crippen LogP contribution in [0.5, 0.6) is 28.7 Å². The minimum Gasteiger partial charge on any atom is -0.490 e. The number of anilines is 1. The van der Waals surface area contributed by atoms with Crippen molar-refractivity contribution in [2.45, 2.75) is 157 Å². The molecule has 14 nitrogen and oxygen atoms in total. The van der Waals surface area contributed by atoms with Gasteiger partial charge in [0.05, 0.1) is 17.5 Å². The average molecular weight is 1720 g/mol. The second-order valence-electron chi connectivity index (χ2n) is 24.3. The van der Waals surface area contributed by atoms with Gasteiger partial charge in [-0.15, -0.1) is 0 Å². The number of carbonyl (C=O) groups excluding carboxylic acids is 6. The summed E-state index contributed by atoms with van der Waals surface area (Å²) in [5.74, 6) is 8.18. The number of hydrogen-bond donors (Lipinski definition) is 1. The minimum atomic E-state index is -0.891. The molecule has 2 bridgehead atoms. The molecule has 10 aromatic carbocycles. The number of amides is 2. The number of carboxylic acid groups (broad SMARTS) is 1.